The van der Waals surface area contributed by atoms with Crippen LogP contribution in [-0.4, -0.2) is 31.6 Å². The Labute approximate surface area is 231 Å². The number of rotatable bonds is 8. The predicted molar refractivity (Wildman–Crippen MR) is 151 cm³/mol. The Hall–Kier alpha value is -3.54. The fraction of sp³-hybridized carbons (Fsp3) is 0.455. The summed E-state index contributed by atoms with van der Waals surface area (Å²) in [7, 11) is 1.61. The van der Waals surface area contributed by atoms with Crippen molar-refractivity contribution in [1.82, 2.24) is 5.32 Å². The molecule has 0 amide bonds. The van der Waals surface area contributed by atoms with E-state index in [9.17, 15) is 9.59 Å². The number of hydrogen-bond acceptors (Lipinski definition) is 6. The molecule has 0 aromatic heterocycles. The van der Waals surface area contributed by atoms with Crippen LogP contribution in [0.25, 0.3) is 0 Å². The lowest BCUT2D eigenvalue weighted by molar-refractivity contribution is -0.146. The Balaban J connectivity index is 1.55. The number of allylic oxidation sites excluding steroid dienone is 3. The van der Waals surface area contributed by atoms with Gasteiger partial charge < -0.3 is 19.5 Å². The van der Waals surface area contributed by atoms with E-state index >= 15 is 0 Å². The number of methoxy groups -OCH3 is 1. The number of nitrogens with one attached hydrogen (secondary N) is 1. The molecule has 1 heterocycles. The molecule has 1 saturated carbocycles. The van der Waals surface area contributed by atoms with Gasteiger partial charge in [0, 0.05) is 29.3 Å². The lowest BCUT2D eigenvalue weighted by Gasteiger charge is -2.37. The molecular formula is C33H39NO5. The zero-order chi connectivity index (χ0) is 27.4. The Bertz CT molecular complexity index is 1270. The number of ether oxygens (including phenoxy) is 3. The van der Waals surface area contributed by atoms with Crippen LogP contribution >= 0.6 is 0 Å². The van der Waals surface area contributed by atoms with Crippen LogP contribution in [0.2, 0.25) is 0 Å². The molecule has 39 heavy (non-hydrogen) atoms. The van der Waals surface area contributed by atoms with Crippen LogP contribution in [0.4, 0.5) is 0 Å². The van der Waals surface area contributed by atoms with Crippen molar-refractivity contribution in [2.75, 3.05) is 13.7 Å². The van der Waals surface area contributed by atoms with Crippen molar-refractivity contribution in [2.45, 2.75) is 83.2 Å². The van der Waals surface area contributed by atoms with E-state index in [0.717, 1.165) is 54.6 Å². The first-order valence-corrected chi connectivity index (χ1v) is 14.3. The lowest BCUT2D eigenvalue weighted by atomic mass is 9.71. The highest BCUT2D eigenvalue weighted by molar-refractivity contribution is 6.04. The average Bonchev–Trinajstić information content (AvgIpc) is 2.96. The van der Waals surface area contributed by atoms with Crippen LogP contribution < -0.4 is 14.8 Å². The molecule has 2 aromatic rings. The third-order valence-electron chi connectivity index (χ3n) is 8.13. The minimum Gasteiger partial charge on any atom is -0.493 e. The quantitative estimate of drug-likeness (QED) is 0.383. The van der Waals surface area contributed by atoms with Crippen LogP contribution in [0.1, 0.15) is 88.2 Å². The van der Waals surface area contributed by atoms with Gasteiger partial charge in [0.25, 0.3) is 0 Å². The van der Waals surface area contributed by atoms with Gasteiger partial charge in [-0.15, -0.1) is 0 Å². The molecule has 1 N–H and O–H groups in total. The second-order valence-electron chi connectivity index (χ2n) is 10.9. The van der Waals surface area contributed by atoms with E-state index in [1.807, 2.05) is 43.3 Å². The molecule has 2 aromatic carbocycles. The van der Waals surface area contributed by atoms with Gasteiger partial charge in [-0.05, 0) is 74.6 Å². The summed E-state index contributed by atoms with van der Waals surface area (Å²) < 4.78 is 17.6. The first kappa shape index (κ1) is 27.0. The first-order chi connectivity index (χ1) is 19.0. The molecule has 2 atom stereocenters. The average molecular weight is 530 g/mol. The molecule has 6 heteroatoms. The van der Waals surface area contributed by atoms with Gasteiger partial charge in [-0.1, -0.05) is 49.7 Å². The summed E-state index contributed by atoms with van der Waals surface area (Å²) in [5.74, 6) is 0.515. The molecule has 5 rings (SSSR count). The number of benzene rings is 2. The molecule has 0 spiro atoms. The van der Waals surface area contributed by atoms with Gasteiger partial charge in [0.2, 0.25) is 0 Å². The summed E-state index contributed by atoms with van der Waals surface area (Å²) in [4.78, 5) is 27.7. The maximum absolute atomic E-state index is 13.9. The Morgan fingerprint density at radius 2 is 1.74 bits per heavy atom. The van der Waals surface area contributed by atoms with Crippen LogP contribution in [0.3, 0.4) is 0 Å². The highest BCUT2D eigenvalue weighted by atomic mass is 16.5. The zero-order valence-corrected chi connectivity index (χ0v) is 23.3. The van der Waals surface area contributed by atoms with Gasteiger partial charge in [-0.3, -0.25) is 4.79 Å². The van der Waals surface area contributed by atoms with Crippen LogP contribution in [0, 0.1) is 0 Å². The normalized spacial score (nSPS) is 21.8. The van der Waals surface area contributed by atoms with E-state index in [2.05, 4.69) is 24.4 Å². The molecule has 0 saturated heterocycles. The molecule has 1 fully saturated rings. The standard InChI is InChI=1S/C33H39NO5/c1-4-17-38-28-16-15-23(20-29(28)37-3)31-30(33(36)39-25-13-9-6-10-14-25)21(2)34-26-18-24(19-27(35)32(26)31)22-11-7-5-8-12-22/h5,7-8,11-12,15-16,20,24-25,31,34H,4,6,9-10,13-14,17-19H2,1-3H3/t24-,31+/m1/s1. The largest absolute Gasteiger partial charge is 0.493 e. The van der Waals surface area contributed by atoms with E-state index in [0.29, 0.717) is 42.1 Å². The second-order valence-corrected chi connectivity index (χ2v) is 10.9. The molecule has 3 aliphatic rings. The zero-order valence-electron chi connectivity index (χ0n) is 23.3. The van der Waals surface area contributed by atoms with Crippen LogP contribution in [-0.2, 0) is 14.3 Å². The summed E-state index contributed by atoms with van der Waals surface area (Å²) in [6.45, 7) is 4.55. The molecule has 1 aliphatic heterocycles. The number of carbonyl (C=O) groups excluding carboxylic acids is 2. The van der Waals surface area contributed by atoms with Gasteiger partial charge >= 0.3 is 5.97 Å². The number of Topliss-reactive ketones (excluding diaryl/α,β-unsaturated/α-hetero) is 1. The van der Waals surface area contributed by atoms with Crippen molar-refractivity contribution < 1.29 is 23.8 Å². The summed E-state index contributed by atoms with van der Waals surface area (Å²) in [5.41, 5.74) is 4.78. The minimum absolute atomic E-state index is 0.0587. The number of dihydropyridines is 1. The number of carbonyl (C=O) groups is 2. The Kier molecular flexibility index (Phi) is 8.39. The fourth-order valence-corrected chi connectivity index (χ4v) is 6.20. The van der Waals surface area contributed by atoms with E-state index in [1.54, 1.807) is 7.11 Å². The fourth-order valence-electron chi connectivity index (χ4n) is 6.20. The Morgan fingerprint density at radius 1 is 0.974 bits per heavy atom. The van der Waals surface area contributed by atoms with Crippen molar-refractivity contribution in [3.05, 3.63) is 82.2 Å². The molecule has 0 radical (unpaired) electrons. The summed E-state index contributed by atoms with van der Waals surface area (Å²) in [5, 5.41) is 3.47. The molecule has 0 bridgehead atoms. The molecule has 2 aliphatic carbocycles. The number of hydrogen-bond donors (Lipinski definition) is 1. The van der Waals surface area contributed by atoms with Gasteiger partial charge in [0.15, 0.2) is 17.3 Å². The molecule has 206 valence electrons. The summed E-state index contributed by atoms with van der Waals surface area (Å²) >= 11 is 0. The third kappa shape index (κ3) is 5.75. The van der Waals surface area contributed by atoms with Gasteiger partial charge in [-0.2, -0.15) is 0 Å². The molecule has 6 nitrogen and oxygen atoms in total. The van der Waals surface area contributed by atoms with E-state index in [-0.39, 0.29) is 23.8 Å². The highest BCUT2D eigenvalue weighted by Gasteiger charge is 2.42. The number of esters is 1. The third-order valence-corrected chi connectivity index (χ3v) is 8.13. The van der Waals surface area contributed by atoms with Crippen molar-refractivity contribution in [3.8, 4) is 11.5 Å². The predicted octanol–water partition coefficient (Wildman–Crippen LogP) is 6.72. The summed E-state index contributed by atoms with van der Waals surface area (Å²) in [6.07, 6.45) is 7.01. The first-order valence-electron chi connectivity index (χ1n) is 14.3. The van der Waals surface area contributed by atoms with Gasteiger partial charge in [0.1, 0.15) is 6.10 Å². The maximum Gasteiger partial charge on any atom is 0.337 e. The number of ketones is 1. The van der Waals surface area contributed by atoms with Crippen molar-refractivity contribution in [1.29, 1.82) is 0 Å². The van der Waals surface area contributed by atoms with E-state index in [4.69, 9.17) is 14.2 Å². The minimum atomic E-state index is -0.532. The van der Waals surface area contributed by atoms with Crippen molar-refractivity contribution in [2.24, 2.45) is 0 Å². The topological polar surface area (TPSA) is 73.9 Å². The van der Waals surface area contributed by atoms with E-state index < -0.39 is 5.92 Å². The summed E-state index contributed by atoms with van der Waals surface area (Å²) in [6, 6.07) is 15.9. The maximum atomic E-state index is 13.9. The van der Waals surface area contributed by atoms with Gasteiger partial charge in [-0.25, -0.2) is 4.79 Å². The van der Waals surface area contributed by atoms with E-state index in [1.165, 1.54) is 6.42 Å². The smallest absolute Gasteiger partial charge is 0.337 e. The SMILES string of the molecule is CCCOc1ccc([C@H]2C(C(=O)OC3CCCCC3)=C(C)NC3=C2C(=O)C[C@H](c2ccccc2)C3)cc1OC. The van der Waals surface area contributed by atoms with Crippen LogP contribution in [0.5, 0.6) is 11.5 Å². The van der Waals surface area contributed by atoms with Crippen molar-refractivity contribution in [3.63, 3.8) is 0 Å². The monoisotopic (exact) mass is 529 g/mol. The highest BCUT2D eigenvalue weighted by Crippen LogP contribution is 2.47. The Morgan fingerprint density at radius 3 is 2.46 bits per heavy atom. The molecule has 0 unspecified atom stereocenters. The van der Waals surface area contributed by atoms with Crippen LogP contribution in [0.15, 0.2) is 71.1 Å². The second kappa shape index (κ2) is 12.1. The molecular weight excluding hydrogens is 490 g/mol. The van der Waals surface area contributed by atoms with Crippen molar-refractivity contribution >= 4 is 11.8 Å². The lowest BCUT2D eigenvalue weighted by Crippen LogP contribution is -2.37. The van der Waals surface area contributed by atoms with Gasteiger partial charge in [0.05, 0.1) is 19.3 Å².